The molecule has 0 saturated heterocycles. The minimum absolute atomic E-state index is 0.129. The first kappa shape index (κ1) is 13.9. The minimum Gasteiger partial charge on any atom is -0.466 e. The fourth-order valence-electron chi connectivity index (χ4n) is 3.40. The molecule has 1 saturated carbocycles. The molecule has 3 rings (SSSR count). The van der Waals surface area contributed by atoms with Gasteiger partial charge in [-0.05, 0) is 37.3 Å². The Morgan fingerprint density at radius 3 is 2.62 bits per heavy atom. The first-order valence-electron chi connectivity index (χ1n) is 7.41. The second kappa shape index (κ2) is 5.72. The largest absolute Gasteiger partial charge is 0.466 e. The molecule has 0 aromatic heterocycles. The van der Waals surface area contributed by atoms with Crippen LogP contribution in [0.5, 0.6) is 0 Å². The topological polar surface area (TPSA) is 55.4 Å². The number of ether oxygens (including phenoxy) is 1. The Labute approximate surface area is 124 Å². The minimum atomic E-state index is -0.257. The number of rotatable bonds is 4. The molecule has 0 radical (unpaired) electrons. The van der Waals surface area contributed by atoms with E-state index in [1.54, 1.807) is 19.1 Å². The van der Waals surface area contributed by atoms with Gasteiger partial charge in [-0.2, -0.15) is 0 Å². The van der Waals surface area contributed by atoms with Crippen LogP contribution in [0.4, 0.5) is 0 Å². The summed E-state index contributed by atoms with van der Waals surface area (Å²) in [5.74, 6) is -0.164. The summed E-state index contributed by atoms with van der Waals surface area (Å²) in [7, 11) is 0. The van der Waals surface area contributed by atoms with Gasteiger partial charge in [0.25, 0.3) is 5.91 Å². The molecule has 4 nitrogen and oxygen atoms in total. The Morgan fingerprint density at radius 1 is 1.19 bits per heavy atom. The molecule has 110 valence electrons. The predicted octanol–water partition coefficient (Wildman–Crippen LogP) is 2.17. The van der Waals surface area contributed by atoms with Crippen molar-refractivity contribution in [1.82, 2.24) is 5.32 Å². The predicted molar refractivity (Wildman–Crippen MR) is 78.6 cm³/mol. The molecule has 4 heteroatoms. The first-order valence-corrected chi connectivity index (χ1v) is 7.41. The summed E-state index contributed by atoms with van der Waals surface area (Å²) in [6.07, 6.45) is 5.11. The third-order valence-electron chi connectivity index (χ3n) is 4.35. The van der Waals surface area contributed by atoms with Crippen molar-refractivity contribution in [3.05, 3.63) is 48.0 Å². The van der Waals surface area contributed by atoms with Gasteiger partial charge < -0.3 is 10.1 Å². The van der Waals surface area contributed by atoms with E-state index in [9.17, 15) is 9.59 Å². The normalized spacial score (nSPS) is 29.4. The number of hydrogen-bond acceptors (Lipinski definition) is 3. The van der Waals surface area contributed by atoms with Crippen molar-refractivity contribution in [1.29, 1.82) is 0 Å². The van der Waals surface area contributed by atoms with Gasteiger partial charge in [-0.15, -0.1) is 0 Å². The molecule has 4 atom stereocenters. The third kappa shape index (κ3) is 2.58. The standard InChI is InChI=1S/C17H19NO3/c1-2-21-17(20)14-12-8-9-13(10-12)15(14)18-16(19)11-6-4-3-5-7-11/h3-9,12-15H,2,10H2,1H3,(H,18,19)/t12-,13+,14-,15+/m1/s1. The average Bonchev–Trinajstić information content (AvgIpc) is 3.09. The lowest BCUT2D eigenvalue weighted by Crippen LogP contribution is -2.46. The Balaban J connectivity index is 1.75. The molecule has 0 spiro atoms. The lowest BCUT2D eigenvalue weighted by atomic mass is 9.88. The summed E-state index contributed by atoms with van der Waals surface area (Å²) in [6, 6.07) is 8.93. The van der Waals surface area contributed by atoms with E-state index in [2.05, 4.69) is 17.5 Å². The van der Waals surface area contributed by atoms with E-state index in [0.717, 1.165) is 6.42 Å². The number of allylic oxidation sites excluding steroid dienone is 1. The van der Waals surface area contributed by atoms with Gasteiger partial charge >= 0.3 is 5.97 Å². The first-order chi connectivity index (χ1) is 10.2. The fourth-order valence-corrected chi connectivity index (χ4v) is 3.40. The number of nitrogens with one attached hydrogen (secondary N) is 1. The van der Waals surface area contributed by atoms with Gasteiger partial charge in [-0.3, -0.25) is 9.59 Å². The maximum Gasteiger partial charge on any atom is 0.311 e. The molecule has 0 unspecified atom stereocenters. The highest BCUT2D eigenvalue weighted by molar-refractivity contribution is 5.94. The number of fused-ring (bicyclic) bond motifs is 2. The Hall–Kier alpha value is -2.10. The smallest absolute Gasteiger partial charge is 0.311 e. The van der Waals surface area contributed by atoms with Crippen LogP contribution in [0.1, 0.15) is 23.7 Å². The zero-order chi connectivity index (χ0) is 14.8. The fraction of sp³-hybridized carbons (Fsp3) is 0.412. The van der Waals surface area contributed by atoms with E-state index < -0.39 is 0 Å². The van der Waals surface area contributed by atoms with Crippen molar-refractivity contribution in [3.8, 4) is 0 Å². The number of amides is 1. The Bertz CT molecular complexity index is 567. The average molecular weight is 285 g/mol. The number of esters is 1. The van der Waals surface area contributed by atoms with Gasteiger partial charge in [-0.25, -0.2) is 0 Å². The van der Waals surface area contributed by atoms with Crippen molar-refractivity contribution >= 4 is 11.9 Å². The van der Waals surface area contributed by atoms with Gasteiger partial charge in [0, 0.05) is 11.6 Å². The summed E-state index contributed by atoms with van der Waals surface area (Å²) in [5.41, 5.74) is 0.617. The van der Waals surface area contributed by atoms with Crippen molar-refractivity contribution in [2.75, 3.05) is 6.61 Å². The summed E-state index contributed by atoms with van der Waals surface area (Å²) in [5, 5.41) is 3.02. The molecule has 2 aliphatic rings. The van der Waals surface area contributed by atoms with Crippen LogP contribution in [0, 0.1) is 17.8 Å². The van der Waals surface area contributed by atoms with Gasteiger partial charge in [0.15, 0.2) is 0 Å². The number of benzene rings is 1. The van der Waals surface area contributed by atoms with E-state index in [0.29, 0.717) is 12.2 Å². The van der Waals surface area contributed by atoms with Crippen molar-refractivity contribution < 1.29 is 14.3 Å². The molecule has 1 aromatic carbocycles. The van der Waals surface area contributed by atoms with E-state index in [1.807, 2.05) is 18.2 Å². The van der Waals surface area contributed by atoms with Gasteiger partial charge in [0.05, 0.1) is 12.5 Å². The van der Waals surface area contributed by atoms with Crippen LogP contribution in [0.2, 0.25) is 0 Å². The number of carbonyl (C=O) groups excluding carboxylic acids is 2. The van der Waals surface area contributed by atoms with Crippen molar-refractivity contribution in [2.45, 2.75) is 19.4 Å². The van der Waals surface area contributed by atoms with E-state index in [-0.39, 0.29) is 35.7 Å². The van der Waals surface area contributed by atoms with Crippen LogP contribution in [0.15, 0.2) is 42.5 Å². The quantitative estimate of drug-likeness (QED) is 0.681. The summed E-state index contributed by atoms with van der Waals surface area (Å²) in [6.45, 7) is 2.17. The van der Waals surface area contributed by atoms with Crippen molar-refractivity contribution in [2.24, 2.45) is 17.8 Å². The van der Waals surface area contributed by atoms with Crippen LogP contribution in [-0.2, 0) is 9.53 Å². The van der Waals surface area contributed by atoms with E-state index in [4.69, 9.17) is 4.74 Å². The monoisotopic (exact) mass is 285 g/mol. The SMILES string of the molecule is CCOC(=O)[C@H]1[C@@H](NC(=O)c2ccccc2)[C@H]2C=C[C@@H]1C2. The molecule has 0 heterocycles. The molecule has 1 aromatic rings. The lowest BCUT2D eigenvalue weighted by Gasteiger charge is -2.27. The van der Waals surface area contributed by atoms with Crippen LogP contribution >= 0.6 is 0 Å². The van der Waals surface area contributed by atoms with Gasteiger partial charge in [-0.1, -0.05) is 30.4 Å². The lowest BCUT2D eigenvalue weighted by molar-refractivity contribution is -0.149. The highest BCUT2D eigenvalue weighted by Crippen LogP contribution is 2.44. The van der Waals surface area contributed by atoms with Crippen molar-refractivity contribution in [3.63, 3.8) is 0 Å². The third-order valence-corrected chi connectivity index (χ3v) is 4.35. The molecule has 1 N–H and O–H groups in total. The molecule has 21 heavy (non-hydrogen) atoms. The zero-order valence-corrected chi connectivity index (χ0v) is 12.0. The number of carbonyl (C=O) groups is 2. The highest BCUT2D eigenvalue weighted by Gasteiger charge is 2.49. The highest BCUT2D eigenvalue weighted by atomic mass is 16.5. The molecular weight excluding hydrogens is 266 g/mol. The Morgan fingerprint density at radius 2 is 1.90 bits per heavy atom. The molecule has 1 amide bonds. The molecule has 1 fully saturated rings. The van der Waals surface area contributed by atoms with Crippen LogP contribution < -0.4 is 5.32 Å². The van der Waals surface area contributed by atoms with Gasteiger partial charge in [0.2, 0.25) is 0 Å². The van der Waals surface area contributed by atoms with Crippen LogP contribution in [0.3, 0.4) is 0 Å². The molecule has 2 bridgehead atoms. The second-order valence-electron chi connectivity index (χ2n) is 5.59. The van der Waals surface area contributed by atoms with Crippen LogP contribution in [0.25, 0.3) is 0 Å². The van der Waals surface area contributed by atoms with Gasteiger partial charge in [0.1, 0.15) is 0 Å². The number of hydrogen-bond donors (Lipinski definition) is 1. The maximum absolute atomic E-state index is 12.3. The summed E-state index contributed by atoms with van der Waals surface area (Å²) >= 11 is 0. The molecule has 2 aliphatic carbocycles. The zero-order valence-electron chi connectivity index (χ0n) is 12.0. The summed E-state index contributed by atoms with van der Waals surface area (Å²) in [4.78, 5) is 24.5. The van der Waals surface area contributed by atoms with Crippen LogP contribution in [-0.4, -0.2) is 24.5 Å². The molecule has 0 aliphatic heterocycles. The van der Waals surface area contributed by atoms with E-state index in [1.165, 1.54) is 0 Å². The molecular formula is C17H19NO3. The second-order valence-corrected chi connectivity index (χ2v) is 5.59. The summed E-state index contributed by atoms with van der Waals surface area (Å²) < 4.78 is 5.17. The Kier molecular flexibility index (Phi) is 3.78. The maximum atomic E-state index is 12.3. The van der Waals surface area contributed by atoms with E-state index >= 15 is 0 Å².